The number of carbonyl (C=O) groups excluding carboxylic acids is 1. The molecule has 0 radical (unpaired) electrons. The third kappa shape index (κ3) is 5.86. The topological polar surface area (TPSA) is 56.4 Å². The molecule has 31 heavy (non-hydrogen) atoms. The summed E-state index contributed by atoms with van der Waals surface area (Å²) in [5, 5.41) is 9.25. The Bertz CT molecular complexity index is 1030. The van der Waals surface area contributed by atoms with Gasteiger partial charge in [0.2, 0.25) is 0 Å². The summed E-state index contributed by atoms with van der Waals surface area (Å²) in [5.74, 6) is 0.710. The zero-order chi connectivity index (χ0) is 21.6. The van der Waals surface area contributed by atoms with Crippen molar-refractivity contribution in [3.63, 3.8) is 0 Å². The van der Waals surface area contributed by atoms with Crippen LogP contribution in [-0.2, 0) is 12.8 Å². The molecule has 5 nitrogen and oxygen atoms in total. The van der Waals surface area contributed by atoms with Gasteiger partial charge < -0.3 is 20.9 Å². The number of benzene rings is 3. The fourth-order valence-electron chi connectivity index (χ4n) is 4.24. The van der Waals surface area contributed by atoms with Gasteiger partial charge in [-0.15, -0.1) is 0 Å². The van der Waals surface area contributed by atoms with Crippen molar-refractivity contribution in [3.05, 3.63) is 83.9 Å². The summed E-state index contributed by atoms with van der Waals surface area (Å²) in [6, 6.07) is 23.7. The maximum Gasteiger partial charge on any atom is 0.323 e. The molecule has 0 aromatic heterocycles. The van der Waals surface area contributed by atoms with Gasteiger partial charge in [-0.2, -0.15) is 0 Å². The summed E-state index contributed by atoms with van der Waals surface area (Å²) < 4.78 is 0. The molecule has 0 saturated heterocycles. The summed E-state index contributed by atoms with van der Waals surface area (Å²) in [7, 11) is 4.27. The van der Waals surface area contributed by atoms with Crippen LogP contribution in [0.25, 0.3) is 0 Å². The molecule has 0 aliphatic heterocycles. The van der Waals surface area contributed by atoms with Crippen molar-refractivity contribution >= 4 is 28.8 Å². The monoisotopic (exact) mass is 414 g/mol. The molecule has 0 spiro atoms. The van der Waals surface area contributed by atoms with Crippen LogP contribution in [0.3, 0.4) is 0 Å². The Balaban J connectivity index is 1.36. The van der Waals surface area contributed by atoms with Gasteiger partial charge in [0.1, 0.15) is 0 Å². The smallest absolute Gasteiger partial charge is 0.323 e. The first-order chi connectivity index (χ1) is 15.0. The van der Waals surface area contributed by atoms with Gasteiger partial charge in [-0.05, 0) is 92.9 Å². The third-order valence-corrected chi connectivity index (χ3v) is 5.60. The average molecular weight is 415 g/mol. The number of fused-ring (bicyclic) bond motifs is 1. The van der Waals surface area contributed by atoms with Crippen molar-refractivity contribution in [1.29, 1.82) is 0 Å². The first-order valence-electron chi connectivity index (χ1n) is 10.8. The Morgan fingerprint density at radius 1 is 0.839 bits per heavy atom. The number of hydrogen-bond acceptors (Lipinski definition) is 3. The van der Waals surface area contributed by atoms with Crippen LogP contribution in [0, 0.1) is 5.92 Å². The summed E-state index contributed by atoms with van der Waals surface area (Å²) >= 11 is 0. The van der Waals surface area contributed by atoms with Crippen molar-refractivity contribution in [2.75, 3.05) is 36.6 Å². The standard InChI is InChI=1S/C26H30N4O/c1-30(2)18-19-11-12-21-16-25(14-13-20(21)15-19)29-26(31)28-24-10-6-9-23(17-24)27-22-7-4-3-5-8-22/h3-10,13-14,16-17,19,27H,11-12,15,18H2,1-2H3,(H2,28,29,31). The van der Waals surface area contributed by atoms with Crippen LogP contribution in [-0.4, -0.2) is 31.6 Å². The van der Waals surface area contributed by atoms with Gasteiger partial charge in [-0.1, -0.05) is 30.3 Å². The van der Waals surface area contributed by atoms with Crippen LogP contribution >= 0.6 is 0 Å². The highest BCUT2D eigenvalue weighted by Crippen LogP contribution is 2.28. The summed E-state index contributed by atoms with van der Waals surface area (Å²) in [4.78, 5) is 14.8. The minimum absolute atomic E-state index is 0.238. The van der Waals surface area contributed by atoms with E-state index in [0.29, 0.717) is 5.92 Å². The number of rotatable bonds is 6. The largest absolute Gasteiger partial charge is 0.355 e. The Kier molecular flexibility index (Phi) is 6.53. The minimum atomic E-state index is -0.238. The lowest BCUT2D eigenvalue weighted by Crippen LogP contribution is -2.26. The lowest BCUT2D eigenvalue weighted by Gasteiger charge is -2.27. The van der Waals surface area contributed by atoms with Crippen molar-refractivity contribution in [2.24, 2.45) is 5.92 Å². The molecule has 1 aliphatic rings. The second kappa shape index (κ2) is 9.67. The Labute approximate surface area is 184 Å². The lowest BCUT2D eigenvalue weighted by atomic mass is 9.83. The first kappa shape index (κ1) is 20.9. The number of urea groups is 1. The van der Waals surface area contributed by atoms with E-state index in [4.69, 9.17) is 0 Å². The van der Waals surface area contributed by atoms with E-state index in [1.54, 1.807) is 0 Å². The molecular formula is C26H30N4O. The molecule has 160 valence electrons. The molecular weight excluding hydrogens is 384 g/mol. The van der Waals surface area contributed by atoms with Crippen LogP contribution in [0.2, 0.25) is 0 Å². The van der Waals surface area contributed by atoms with Gasteiger partial charge in [0.15, 0.2) is 0 Å². The van der Waals surface area contributed by atoms with Crippen molar-refractivity contribution in [1.82, 2.24) is 4.90 Å². The zero-order valence-electron chi connectivity index (χ0n) is 18.2. The molecule has 1 atom stereocenters. The van der Waals surface area contributed by atoms with Gasteiger partial charge in [0.25, 0.3) is 0 Å². The van der Waals surface area contributed by atoms with Crippen molar-refractivity contribution in [2.45, 2.75) is 19.3 Å². The maximum atomic E-state index is 12.5. The summed E-state index contributed by atoms with van der Waals surface area (Å²) in [6.45, 7) is 1.13. The van der Waals surface area contributed by atoms with Crippen LogP contribution < -0.4 is 16.0 Å². The van der Waals surface area contributed by atoms with Gasteiger partial charge in [0, 0.05) is 29.3 Å². The number of anilines is 4. The average Bonchev–Trinajstić information content (AvgIpc) is 2.74. The highest BCUT2D eigenvalue weighted by Gasteiger charge is 2.19. The van der Waals surface area contributed by atoms with E-state index < -0.39 is 0 Å². The summed E-state index contributed by atoms with van der Waals surface area (Å²) in [5.41, 5.74) is 6.26. The number of carbonyl (C=O) groups is 1. The molecule has 0 heterocycles. The van der Waals surface area contributed by atoms with Crippen molar-refractivity contribution < 1.29 is 4.79 Å². The van der Waals surface area contributed by atoms with Crippen LogP contribution in [0.5, 0.6) is 0 Å². The van der Waals surface area contributed by atoms with E-state index in [1.165, 1.54) is 17.5 Å². The Morgan fingerprint density at radius 3 is 2.32 bits per heavy atom. The van der Waals surface area contributed by atoms with Crippen LogP contribution in [0.4, 0.5) is 27.5 Å². The molecule has 2 amide bonds. The second-order valence-corrected chi connectivity index (χ2v) is 8.51. The van der Waals surface area contributed by atoms with E-state index in [9.17, 15) is 4.79 Å². The Hall–Kier alpha value is -3.31. The highest BCUT2D eigenvalue weighted by molar-refractivity contribution is 6.00. The van der Waals surface area contributed by atoms with Gasteiger partial charge in [0.05, 0.1) is 0 Å². The molecule has 3 N–H and O–H groups in total. The molecule has 1 unspecified atom stereocenters. The number of amides is 2. The molecule has 1 aliphatic carbocycles. The fourth-order valence-corrected chi connectivity index (χ4v) is 4.24. The number of para-hydroxylation sites is 1. The predicted octanol–water partition coefficient (Wildman–Crippen LogP) is 5.74. The van der Waals surface area contributed by atoms with Crippen molar-refractivity contribution in [3.8, 4) is 0 Å². The number of aryl methyl sites for hydroxylation is 1. The van der Waals surface area contributed by atoms with E-state index in [0.717, 1.165) is 42.1 Å². The van der Waals surface area contributed by atoms with E-state index >= 15 is 0 Å². The first-order valence-corrected chi connectivity index (χ1v) is 10.8. The quantitative estimate of drug-likeness (QED) is 0.482. The van der Waals surface area contributed by atoms with E-state index in [-0.39, 0.29) is 6.03 Å². The van der Waals surface area contributed by atoms with E-state index in [1.807, 2.05) is 60.7 Å². The molecule has 0 saturated carbocycles. The molecule has 3 aromatic rings. The second-order valence-electron chi connectivity index (χ2n) is 8.51. The molecule has 3 aromatic carbocycles. The molecule has 0 fully saturated rings. The lowest BCUT2D eigenvalue weighted by molar-refractivity contribution is 0.262. The SMILES string of the molecule is CN(C)CC1CCc2cc(NC(=O)Nc3cccc(Nc4ccccc4)c3)ccc2C1. The maximum absolute atomic E-state index is 12.5. The number of nitrogens with zero attached hydrogens (tertiary/aromatic N) is 1. The molecule has 4 rings (SSSR count). The molecule has 0 bridgehead atoms. The van der Waals surface area contributed by atoms with Crippen LogP contribution in [0.15, 0.2) is 72.8 Å². The zero-order valence-corrected chi connectivity index (χ0v) is 18.2. The van der Waals surface area contributed by atoms with E-state index in [2.05, 4.69) is 47.1 Å². The Morgan fingerprint density at radius 2 is 1.55 bits per heavy atom. The van der Waals surface area contributed by atoms with Gasteiger partial charge in [-0.25, -0.2) is 4.79 Å². The van der Waals surface area contributed by atoms with Gasteiger partial charge in [-0.3, -0.25) is 0 Å². The number of nitrogens with one attached hydrogen (secondary N) is 3. The fraction of sp³-hybridized carbons (Fsp3) is 0.269. The highest BCUT2D eigenvalue weighted by atomic mass is 16.2. The van der Waals surface area contributed by atoms with Crippen LogP contribution in [0.1, 0.15) is 17.5 Å². The van der Waals surface area contributed by atoms with Gasteiger partial charge >= 0.3 is 6.03 Å². The predicted molar refractivity (Wildman–Crippen MR) is 129 cm³/mol. The molecule has 5 heteroatoms. The minimum Gasteiger partial charge on any atom is -0.355 e. The third-order valence-electron chi connectivity index (χ3n) is 5.60. The summed E-state index contributed by atoms with van der Waals surface area (Å²) in [6.07, 6.45) is 3.38. The number of hydrogen-bond donors (Lipinski definition) is 3. The normalized spacial score (nSPS) is 15.3.